The van der Waals surface area contributed by atoms with Gasteiger partial charge in [-0.25, -0.2) is 13.8 Å². The minimum atomic E-state index is -0.879. The van der Waals surface area contributed by atoms with Crippen LogP contribution in [0.25, 0.3) is 11.0 Å². The van der Waals surface area contributed by atoms with Gasteiger partial charge in [0.25, 0.3) is 0 Å². The van der Waals surface area contributed by atoms with E-state index in [1.54, 1.807) is 11.7 Å². The number of hydrogen-bond donors (Lipinski definition) is 0. The van der Waals surface area contributed by atoms with Crippen LogP contribution in [0.2, 0.25) is 0 Å². The number of hydrogen-bond acceptors (Lipinski definition) is 3. The summed E-state index contributed by atoms with van der Waals surface area (Å²) in [4.78, 5) is 6.30. The Morgan fingerprint density at radius 2 is 2.10 bits per heavy atom. The second kappa shape index (κ2) is 7.15. The third-order valence-electron chi connectivity index (χ3n) is 3.38. The molecule has 2 aromatic rings. The van der Waals surface area contributed by atoms with Crippen LogP contribution in [-0.4, -0.2) is 48.3 Å². The fourth-order valence-corrected chi connectivity index (χ4v) is 2.38. The first-order valence-corrected chi connectivity index (χ1v) is 7.18. The van der Waals surface area contributed by atoms with Gasteiger partial charge in [-0.3, -0.25) is 0 Å². The van der Waals surface area contributed by atoms with Crippen molar-refractivity contribution in [1.29, 1.82) is 0 Å². The molecule has 0 saturated heterocycles. The van der Waals surface area contributed by atoms with Crippen LogP contribution in [0.4, 0.5) is 8.78 Å². The molecule has 0 aliphatic heterocycles. The van der Waals surface area contributed by atoms with Crippen molar-refractivity contribution < 1.29 is 13.5 Å². The van der Waals surface area contributed by atoms with Crippen LogP contribution in [0.15, 0.2) is 12.1 Å². The number of imidazole rings is 1. The monoisotopic (exact) mass is 317 g/mol. The number of nitrogens with zero attached hydrogens (tertiary/aromatic N) is 3. The molecule has 1 aromatic carbocycles. The summed E-state index contributed by atoms with van der Waals surface area (Å²) in [6.45, 7) is 2.52. The number of rotatable bonds is 7. The molecule has 116 valence electrons. The largest absolute Gasteiger partial charge is 0.383 e. The van der Waals surface area contributed by atoms with E-state index < -0.39 is 11.6 Å². The number of benzene rings is 1. The molecule has 0 spiro atoms. The minimum Gasteiger partial charge on any atom is -0.383 e. The predicted octanol–water partition coefficient (Wildman–Crippen LogP) is 2.63. The summed E-state index contributed by atoms with van der Waals surface area (Å²) in [6, 6.07) is 2.55. The zero-order valence-electron chi connectivity index (χ0n) is 12.1. The van der Waals surface area contributed by atoms with Gasteiger partial charge in [0.2, 0.25) is 0 Å². The van der Waals surface area contributed by atoms with Gasteiger partial charge in [-0.2, -0.15) is 0 Å². The smallest absolute Gasteiger partial charge is 0.184 e. The fraction of sp³-hybridized carbons (Fsp3) is 0.500. The van der Waals surface area contributed by atoms with E-state index in [4.69, 9.17) is 16.3 Å². The maximum Gasteiger partial charge on any atom is 0.184 e. The number of alkyl halides is 1. The average Bonchev–Trinajstić information content (AvgIpc) is 2.85. The van der Waals surface area contributed by atoms with Gasteiger partial charge in [-0.05, 0) is 19.2 Å². The first kappa shape index (κ1) is 16.1. The molecular weight excluding hydrogens is 300 g/mol. The van der Waals surface area contributed by atoms with E-state index in [0.29, 0.717) is 31.0 Å². The number of ether oxygens (including phenoxy) is 1. The summed E-state index contributed by atoms with van der Waals surface area (Å²) in [5.74, 6) is -1.07. The topological polar surface area (TPSA) is 30.3 Å². The number of likely N-dealkylation sites (N-methyl/N-ethyl adjacent to an activating group) is 1. The van der Waals surface area contributed by atoms with Crippen molar-refractivity contribution in [1.82, 2.24) is 14.5 Å². The van der Waals surface area contributed by atoms with Crippen LogP contribution in [0.1, 0.15) is 5.82 Å². The van der Waals surface area contributed by atoms with Crippen LogP contribution in [0.3, 0.4) is 0 Å². The van der Waals surface area contributed by atoms with Crippen molar-refractivity contribution in [2.45, 2.75) is 12.4 Å². The number of aromatic nitrogens is 2. The molecule has 0 N–H and O–H groups in total. The summed E-state index contributed by atoms with van der Waals surface area (Å²) >= 11 is 5.86. The second-order valence-corrected chi connectivity index (χ2v) is 5.11. The third kappa shape index (κ3) is 3.51. The molecule has 4 nitrogen and oxygen atoms in total. The molecule has 0 unspecified atom stereocenters. The first-order valence-electron chi connectivity index (χ1n) is 6.65. The SMILES string of the molecule is COCCN(C)CCn1c(CCl)nc2ccc(F)c(F)c21. The van der Waals surface area contributed by atoms with Crippen molar-refractivity contribution in [2.75, 3.05) is 33.9 Å². The Balaban J connectivity index is 2.27. The summed E-state index contributed by atoms with van der Waals surface area (Å²) in [5, 5.41) is 0. The lowest BCUT2D eigenvalue weighted by Gasteiger charge is -2.17. The van der Waals surface area contributed by atoms with E-state index in [1.807, 2.05) is 11.9 Å². The average molecular weight is 318 g/mol. The molecule has 0 atom stereocenters. The number of methoxy groups -OCH3 is 1. The van der Waals surface area contributed by atoms with Crippen molar-refractivity contribution in [3.63, 3.8) is 0 Å². The molecule has 0 bridgehead atoms. The van der Waals surface area contributed by atoms with Gasteiger partial charge < -0.3 is 14.2 Å². The summed E-state index contributed by atoms with van der Waals surface area (Å²) in [5.41, 5.74) is 0.592. The van der Waals surface area contributed by atoms with Crippen molar-refractivity contribution in [3.05, 3.63) is 29.6 Å². The van der Waals surface area contributed by atoms with Gasteiger partial charge in [0, 0.05) is 26.7 Å². The molecule has 0 radical (unpaired) electrons. The highest BCUT2D eigenvalue weighted by Crippen LogP contribution is 2.22. The van der Waals surface area contributed by atoms with E-state index in [0.717, 1.165) is 12.6 Å². The zero-order valence-corrected chi connectivity index (χ0v) is 12.8. The van der Waals surface area contributed by atoms with Gasteiger partial charge in [0.1, 0.15) is 11.3 Å². The van der Waals surface area contributed by atoms with Crippen molar-refractivity contribution in [3.8, 4) is 0 Å². The maximum absolute atomic E-state index is 14.0. The van der Waals surface area contributed by atoms with Gasteiger partial charge in [0.05, 0.1) is 18.0 Å². The second-order valence-electron chi connectivity index (χ2n) is 4.84. The van der Waals surface area contributed by atoms with E-state index in [-0.39, 0.29) is 11.4 Å². The summed E-state index contributed by atoms with van der Waals surface area (Å²) in [6.07, 6.45) is 0. The summed E-state index contributed by atoms with van der Waals surface area (Å²) in [7, 11) is 3.58. The Morgan fingerprint density at radius 1 is 1.33 bits per heavy atom. The van der Waals surface area contributed by atoms with E-state index in [1.165, 1.54) is 6.07 Å². The quantitative estimate of drug-likeness (QED) is 0.735. The lowest BCUT2D eigenvalue weighted by atomic mass is 10.3. The van der Waals surface area contributed by atoms with Crippen LogP contribution in [0.5, 0.6) is 0 Å². The molecule has 2 rings (SSSR count). The summed E-state index contributed by atoms with van der Waals surface area (Å²) < 4.78 is 34.1. The van der Waals surface area contributed by atoms with E-state index in [9.17, 15) is 8.78 Å². The van der Waals surface area contributed by atoms with Crippen molar-refractivity contribution >= 4 is 22.6 Å². The Labute approximate surface area is 127 Å². The van der Waals surface area contributed by atoms with Crippen LogP contribution < -0.4 is 0 Å². The molecule has 21 heavy (non-hydrogen) atoms. The zero-order chi connectivity index (χ0) is 15.4. The number of halogens is 3. The highest BCUT2D eigenvalue weighted by Gasteiger charge is 2.17. The van der Waals surface area contributed by atoms with Gasteiger partial charge in [0.15, 0.2) is 11.6 Å². The standard InChI is InChI=1S/C14H18ClF2N3O/c1-19(7-8-21-2)5-6-20-12(9-15)18-11-4-3-10(16)13(17)14(11)20/h3-4H,5-9H2,1-2H3. The Hall–Kier alpha value is -1.24. The van der Waals surface area contributed by atoms with Gasteiger partial charge in [-0.15, -0.1) is 11.6 Å². The van der Waals surface area contributed by atoms with Crippen LogP contribution in [-0.2, 0) is 17.2 Å². The molecule has 0 saturated carbocycles. The minimum absolute atomic E-state index is 0.150. The predicted molar refractivity (Wildman–Crippen MR) is 78.6 cm³/mol. The lowest BCUT2D eigenvalue weighted by molar-refractivity contribution is 0.159. The van der Waals surface area contributed by atoms with E-state index >= 15 is 0 Å². The first-order chi connectivity index (χ1) is 10.1. The van der Waals surface area contributed by atoms with Crippen LogP contribution in [0, 0.1) is 11.6 Å². The van der Waals surface area contributed by atoms with Crippen molar-refractivity contribution in [2.24, 2.45) is 0 Å². The normalized spacial score (nSPS) is 11.7. The molecule has 1 heterocycles. The Kier molecular flexibility index (Phi) is 5.50. The highest BCUT2D eigenvalue weighted by molar-refractivity contribution is 6.16. The number of fused-ring (bicyclic) bond motifs is 1. The van der Waals surface area contributed by atoms with Crippen LogP contribution >= 0.6 is 11.6 Å². The molecule has 0 aliphatic carbocycles. The molecule has 0 aliphatic rings. The Morgan fingerprint density at radius 3 is 2.76 bits per heavy atom. The lowest BCUT2D eigenvalue weighted by Crippen LogP contribution is -2.27. The third-order valence-corrected chi connectivity index (χ3v) is 3.62. The fourth-order valence-electron chi connectivity index (χ4n) is 2.18. The van der Waals surface area contributed by atoms with Gasteiger partial charge >= 0.3 is 0 Å². The molecule has 0 fully saturated rings. The molecule has 7 heteroatoms. The Bertz CT molecular complexity index is 618. The van der Waals surface area contributed by atoms with Gasteiger partial charge in [-0.1, -0.05) is 0 Å². The molecular formula is C14H18ClF2N3O. The maximum atomic E-state index is 14.0. The highest BCUT2D eigenvalue weighted by atomic mass is 35.5. The molecule has 0 amide bonds. The van der Waals surface area contributed by atoms with E-state index in [2.05, 4.69) is 4.98 Å². The molecule has 1 aromatic heterocycles.